The molecular weight excluding hydrogens is 562 g/mol. The zero-order chi connectivity index (χ0) is 31.0. The summed E-state index contributed by atoms with van der Waals surface area (Å²) in [7, 11) is 0. The average molecular weight is 594 g/mol. The Hall–Kier alpha value is -5.87. The van der Waals surface area contributed by atoms with Gasteiger partial charge < -0.3 is 4.42 Å². The van der Waals surface area contributed by atoms with E-state index in [9.17, 15) is 0 Å². The van der Waals surface area contributed by atoms with Crippen molar-refractivity contribution in [2.24, 2.45) is 0 Å². The van der Waals surface area contributed by atoms with Crippen molar-refractivity contribution in [3.63, 3.8) is 0 Å². The van der Waals surface area contributed by atoms with Crippen LogP contribution in [0.2, 0.25) is 0 Å². The highest BCUT2D eigenvalue weighted by atomic mass is 16.3. The van der Waals surface area contributed by atoms with Gasteiger partial charge in [0.05, 0.1) is 11.4 Å². The molecule has 0 bridgehead atoms. The van der Waals surface area contributed by atoms with E-state index in [-0.39, 0.29) is 5.92 Å². The van der Waals surface area contributed by atoms with E-state index in [4.69, 9.17) is 19.4 Å². The van der Waals surface area contributed by atoms with E-state index in [1.165, 1.54) is 5.39 Å². The molecule has 8 aromatic rings. The van der Waals surface area contributed by atoms with Gasteiger partial charge in [-0.1, -0.05) is 147 Å². The van der Waals surface area contributed by atoms with Gasteiger partial charge in [0.15, 0.2) is 17.3 Å². The fourth-order valence-electron chi connectivity index (χ4n) is 6.19. The fourth-order valence-corrected chi connectivity index (χ4v) is 6.19. The SMILES string of the molecule is CC(C)c1nc2cccc(-c3ccc4ccccc4c3-c3ccccc3-c3cc(-c4ccccc4)nc(-c4ccccc4)n3)c2o1. The molecule has 6 aromatic carbocycles. The van der Waals surface area contributed by atoms with Gasteiger partial charge in [0.25, 0.3) is 0 Å². The summed E-state index contributed by atoms with van der Waals surface area (Å²) in [5.74, 6) is 1.62. The zero-order valence-corrected chi connectivity index (χ0v) is 25.7. The number of oxazole rings is 1. The number of hydrogen-bond acceptors (Lipinski definition) is 4. The van der Waals surface area contributed by atoms with Crippen LogP contribution in [0.4, 0.5) is 0 Å². The van der Waals surface area contributed by atoms with Crippen molar-refractivity contribution in [3.8, 4) is 56.2 Å². The van der Waals surface area contributed by atoms with Crippen molar-refractivity contribution < 1.29 is 4.42 Å². The number of benzene rings is 6. The molecule has 46 heavy (non-hydrogen) atoms. The normalized spacial score (nSPS) is 11.5. The van der Waals surface area contributed by atoms with Gasteiger partial charge in [-0.2, -0.15) is 0 Å². The molecule has 0 spiro atoms. The van der Waals surface area contributed by atoms with Crippen molar-refractivity contribution in [2.75, 3.05) is 0 Å². The second-order valence-corrected chi connectivity index (χ2v) is 11.8. The van der Waals surface area contributed by atoms with Crippen LogP contribution < -0.4 is 0 Å². The van der Waals surface area contributed by atoms with Crippen LogP contribution in [0.1, 0.15) is 25.7 Å². The predicted molar refractivity (Wildman–Crippen MR) is 188 cm³/mol. The molecule has 0 fully saturated rings. The maximum Gasteiger partial charge on any atom is 0.198 e. The molecule has 0 radical (unpaired) electrons. The summed E-state index contributed by atoms with van der Waals surface area (Å²) in [4.78, 5) is 15.1. The van der Waals surface area contributed by atoms with Crippen LogP contribution in [-0.4, -0.2) is 15.0 Å². The summed E-state index contributed by atoms with van der Waals surface area (Å²) in [5.41, 5.74) is 10.8. The number of aromatic nitrogens is 3. The lowest BCUT2D eigenvalue weighted by Crippen LogP contribution is -1.98. The molecule has 0 aliphatic rings. The molecule has 4 nitrogen and oxygen atoms in total. The molecule has 0 unspecified atom stereocenters. The van der Waals surface area contributed by atoms with E-state index in [0.29, 0.717) is 5.82 Å². The van der Waals surface area contributed by atoms with Crippen molar-refractivity contribution >= 4 is 21.9 Å². The standard InChI is InChI=1S/C42H31N3O/c1-27(2)42-45-36-23-13-22-35(40(36)46-42)34-25-24-28-14-9-10-19-31(28)39(34)33-21-12-11-20-32(33)38-26-37(29-15-5-3-6-16-29)43-41(44-38)30-17-7-4-8-18-30/h3-27H,1-2H3. The third-order valence-corrected chi connectivity index (χ3v) is 8.44. The summed E-state index contributed by atoms with van der Waals surface area (Å²) in [6.45, 7) is 4.22. The number of hydrogen-bond donors (Lipinski definition) is 0. The number of nitrogens with zero attached hydrogens (tertiary/aromatic N) is 3. The third-order valence-electron chi connectivity index (χ3n) is 8.44. The van der Waals surface area contributed by atoms with Crippen LogP contribution >= 0.6 is 0 Å². The topological polar surface area (TPSA) is 51.8 Å². The first kappa shape index (κ1) is 27.7. The molecule has 4 heteroatoms. The second-order valence-electron chi connectivity index (χ2n) is 11.8. The molecule has 0 amide bonds. The Morgan fingerprint density at radius 3 is 1.93 bits per heavy atom. The van der Waals surface area contributed by atoms with Gasteiger partial charge in [-0.3, -0.25) is 0 Å². The highest BCUT2D eigenvalue weighted by molar-refractivity contribution is 6.09. The quantitative estimate of drug-likeness (QED) is 0.192. The summed E-state index contributed by atoms with van der Waals surface area (Å²) >= 11 is 0. The van der Waals surface area contributed by atoms with Crippen LogP contribution in [0, 0.1) is 0 Å². The molecule has 220 valence electrons. The summed E-state index contributed by atoms with van der Waals surface area (Å²) in [5, 5.41) is 2.33. The van der Waals surface area contributed by atoms with Crippen molar-refractivity contribution in [2.45, 2.75) is 19.8 Å². The first-order valence-corrected chi connectivity index (χ1v) is 15.7. The molecule has 2 aromatic heterocycles. The minimum absolute atomic E-state index is 0.187. The summed E-state index contributed by atoms with van der Waals surface area (Å²) in [6.07, 6.45) is 0. The molecule has 0 aliphatic heterocycles. The summed E-state index contributed by atoms with van der Waals surface area (Å²) in [6, 6.07) is 50.4. The maximum absolute atomic E-state index is 6.43. The largest absolute Gasteiger partial charge is 0.440 e. The predicted octanol–water partition coefficient (Wildman–Crippen LogP) is 11.2. The Labute approximate surface area is 268 Å². The third kappa shape index (κ3) is 4.94. The molecule has 2 heterocycles. The highest BCUT2D eigenvalue weighted by Gasteiger charge is 2.21. The molecule has 8 rings (SSSR count). The van der Waals surface area contributed by atoms with E-state index >= 15 is 0 Å². The lowest BCUT2D eigenvalue weighted by molar-refractivity contribution is 0.502. The van der Waals surface area contributed by atoms with Gasteiger partial charge in [0.1, 0.15) is 5.52 Å². The Balaban J connectivity index is 1.41. The molecule has 0 saturated carbocycles. The Kier molecular flexibility index (Phi) is 6.96. The van der Waals surface area contributed by atoms with Crippen LogP contribution in [-0.2, 0) is 0 Å². The smallest absolute Gasteiger partial charge is 0.198 e. The lowest BCUT2D eigenvalue weighted by atomic mass is 9.86. The van der Waals surface area contributed by atoms with Gasteiger partial charge in [-0.05, 0) is 39.6 Å². The van der Waals surface area contributed by atoms with E-state index in [1.807, 2.05) is 42.5 Å². The van der Waals surface area contributed by atoms with Gasteiger partial charge in [0.2, 0.25) is 0 Å². The minimum atomic E-state index is 0.187. The molecule has 0 saturated heterocycles. The van der Waals surface area contributed by atoms with E-state index in [0.717, 1.165) is 72.7 Å². The fraction of sp³-hybridized carbons (Fsp3) is 0.0714. The first-order chi connectivity index (χ1) is 22.6. The van der Waals surface area contributed by atoms with Crippen molar-refractivity contribution in [1.82, 2.24) is 15.0 Å². The number of fused-ring (bicyclic) bond motifs is 2. The molecule has 0 atom stereocenters. The highest BCUT2D eigenvalue weighted by Crippen LogP contribution is 2.44. The molecule has 0 aliphatic carbocycles. The van der Waals surface area contributed by atoms with E-state index < -0.39 is 0 Å². The van der Waals surface area contributed by atoms with Gasteiger partial charge in [-0.15, -0.1) is 0 Å². The number of rotatable bonds is 6. The Bertz CT molecular complexity index is 2280. The van der Waals surface area contributed by atoms with Crippen LogP contribution in [0.5, 0.6) is 0 Å². The molecular formula is C42H31N3O. The van der Waals surface area contributed by atoms with E-state index in [1.54, 1.807) is 0 Å². The zero-order valence-electron chi connectivity index (χ0n) is 25.7. The summed E-state index contributed by atoms with van der Waals surface area (Å²) < 4.78 is 6.43. The monoisotopic (exact) mass is 593 g/mol. The Morgan fingerprint density at radius 2 is 1.15 bits per heavy atom. The van der Waals surface area contributed by atoms with Crippen LogP contribution in [0.15, 0.2) is 150 Å². The van der Waals surface area contributed by atoms with Crippen molar-refractivity contribution in [3.05, 3.63) is 151 Å². The van der Waals surface area contributed by atoms with Crippen molar-refractivity contribution in [1.29, 1.82) is 0 Å². The van der Waals surface area contributed by atoms with Gasteiger partial charge in [-0.25, -0.2) is 15.0 Å². The average Bonchev–Trinajstić information content (AvgIpc) is 3.57. The van der Waals surface area contributed by atoms with Crippen LogP contribution in [0.3, 0.4) is 0 Å². The van der Waals surface area contributed by atoms with E-state index in [2.05, 4.69) is 117 Å². The molecule has 0 N–H and O–H groups in total. The minimum Gasteiger partial charge on any atom is -0.440 e. The van der Waals surface area contributed by atoms with Gasteiger partial charge in [0, 0.05) is 28.2 Å². The lowest BCUT2D eigenvalue weighted by Gasteiger charge is -2.18. The maximum atomic E-state index is 6.43. The Morgan fingerprint density at radius 1 is 0.500 bits per heavy atom. The first-order valence-electron chi connectivity index (χ1n) is 15.7. The number of para-hydroxylation sites is 1. The van der Waals surface area contributed by atoms with Gasteiger partial charge >= 0.3 is 0 Å². The van der Waals surface area contributed by atoms with Crippen LogP contribution in [0.25, 0.3) is 78.0 Å². The second kappa shape index (κ2) is 11.6.